The fourth-order valence-corrected chi connectivity index (χ4v) is 4.43. The Balaban J connectivity index is 1.78. The highest BCUT2D eigenvalue weighted by Gasteiger charge is 2.27. The van der Waals surface area contributed by atoms with Crippen molar-refractivity contribution in [2.45, 2.75) is 76.4 Å². The van der Waals surface area contributed by atoms with E-state index in [1.165, 1.54) is 19.3 Å². The number of aliphatic hydroxyl groups excluding tert-OH is 1. The molecule has 0 aromatic heterocycles. The van der Waals surface area contributed by atoms with Crippen molar-refractivity contribution in [1.82, 2.24) is 0 Å². The van der Waals surface area contributed by atoms with E-state index < -0.39 is 6.10 Å². The van der Waals surface area contributed by atoms with Crippen molar-refractivity contribution in [3.8, 4) is 16.9 Å². The average molecular weight is 368 g/mol. The van der Waals surface area contributed by atoms with Gasteiger partial charge in [0.1, 0.15) is 11.6 Å². The molecule has 1 atom stereocenters. The summed E-state index contributed by atoms with van der Waals surface area (Å²) in [4.78, 5) is 0. The maximum atomic E-state index is 14.8. The SMILES string of the molecule is CC(O)Cc1ccc(OC2CCCC2)c(-c2cccc(F)c2C2CCC2)c1. The molecule has 2 aromatic carbocycles. The van der Waals surface area contributed by atoms with Gasteiger partial charge in [-0.25, -0.2) is 4.39 Å². The van der Waals surface area contributed by atoms with Gasteiger partial charge in [0, 0.05) is 5.56 Å². The van der Waals surface area contributed by atoms with Gasteiger partial charge in [-0.2, -0.15) is 0 Å². The first-order valence-corrected chi connectivity index (χ1v) is 10.4. The van der Waals surface area contributed by atoms with Gasteiger partial charge >= 0.3 is 0 Å². The molecule has 1 unspecified atom stereocenters. The number of ether oxygens (including phenoxy) is 1. The Morgan fingerprint density at radius 2 is 1.81 bits per heavy atom. The molecule has 0 amide bonds. The largest absolute Gasteiger partial charge is 0.490 e. The van der Waals surface area contributed by atoms with Crippen molar-refractivity contribution in [3.63, 3.8) is 0 Å². The molecule has 0 bridgehead atoms. The number of benzene rings is 2. The quantitative estimate of drug-likeness (QED) is 0.677. The standard InChI is InChI=1S/C24H29FO2/c1-16(26)14-17-12-13-23(27-19-8-2-3-9-19)21(15-17)20-10-5-11-22(25)24(20)18-6-4-7-18/h5,10-13,15-16,18-19,26H,2-4,6-9,14H2,1H3. The fraction of sp³-hybridized carbons (Fsp3) is 0.500. The molecule has 27 heavy (non-hydrogen) atoms. The molecular weight excluding hydrogens is 339 g/mol. The zero-order valence-electron chi connectivity index (χ0n) is 16.1. The van der Waals surface area contributed by atoms with Crippen LogP contribution < -0.4 is 4.74 Å². The minimum atomic E-state index is -0.405. The van der Waals surface area contributed by atoms with Crippen LogP contribution in [-0.2, 0) is 6.42 Å². The summed E-state index contributed by atoms with van der Waals surface area (Å²) in [6.45, 7) is 1.80. The van der Waals surface area contributed by atoms with E-state index in [4.69, 9.17) is 4.74 Å². The van der Waals surface area contributed by atoms with E-state index in [1.807, 2.05) is 18.2 Å². The van der Waals surface area contributed by atoms with Crippen molar-refractivity contribution >= 4 is 0 Å². The lowest BCUT2D eigenvalue weighted by Crippen LogP contribution is -2.14. The number of hydrogen-bond acceptors (Lipinski definition) is 2. The van der Waals surface area contributed by atoms with E-state index in [2.05, 4.69) is 6.07 Å². The van der Waals surface area contributed by atoms with Gasteiger partial charge in [0.15, 0.2) is 0 Å². The monoisotopic (exact) mass is 368 g/mol. The van der Waals surface area contributed by atoms with Crippen LogP contribution in [0.2, 0.25) is 0 Å². The van der Waals surface area contributed by atoms with Gasteiger partial charge in [-0.05, 0) is 92.7 Å². The molecule has 0 heterocycles. The third-order valence-corrected chi connectivity index (χ3v) is 6.03. The van der Waals surface area contributed by atoms with Crippen molar-refractivity contribution in [3.05, 3.63) is 53.3 Å². The van der Waals surface area contributed by atoms with Crippen molar-refractivity contribution < 1.29 is 14.2 Å². The van der Waals surface area contributed by atoms with Crippen LogP contribution in [0.5, 0.6) is 5.75 Å². The summed E-state index contributed by atoms with van der Waals surface area (Å²) in [5, 5.41) is 9.81. The Labute approximate surface area is 161 Å². The summed E-state index contributed by atoms with van der Waals surface area (Å²) in [6, 6.07) is 11.5. The Kier molecular flexibility index (Phi) is 5.49. The second kappa shape index (κ2) is 8.02. The van der Waals surface area contributed by atoms with E-state index in [1.54, 1.807) is 19.1 Å². The molecule has 0 radical (unpaired) electrons. The van der Waals surface area contributed by atoms with E-state index in [0.29, 0.717) is 12.3 Å². The maximum absolute atomic E-state index is 14.8. The van der Waals surface area contributed by atoms with Crippen LogP contribution in [0.25, 0.3) is 11.1 Å². The molecule has 3 heteroatoms. The van der Waals surface area contributed by atoms with E-state index in [-0.39, 0.29) is 11.9 Å². The molecule has 0 spiro atoms. The summed E-state index contributed by atoms with van der Waals surface area (Å²) in [7, 11) is 0. The predicted octanol–water partition coefficient (Wildman–Crippen LogP) is 6.00. The van der Waals surface area contributed by atoms with Crippen molar-refractivity contribution in [2.75, 3.05) is 0 Å². The first-order valence-electron chi connectivity index (χ1n) is 10.4. The van der Waals surface area contributed by atoms with E-state index in [9.17, 15) is 9.50 Å². The third kappa shape index (κ3) is 4.03. The lowest BCUT2D eigenvalue weighted by molar-refractivity contribution is 0.195. The molecule has 1 N–H and O–H groups in total. The van der Waals surface area contributed by atoms with Gasteiger partial charge in [-0.15, -0.1) is 0 Å². The van der Waals surface area contributed by atoms with Crippen LogP contribution in [0.1, 0.15) is 68.9 Å². The maximum Gasteiger partial charge on any atom is 0.127 e. The molecule has 2 aliphatic rings. The molecule has 2 saturated carbocycles. The molecule has 0 saturated heterocycles. The van der Waals surface area contributed by atoms with E-state index in [0.717, 1.165) is 53.7 Å². The summed E-state index contributed by atoms with van der Waals surface area (Å²) in [5.41, 5.74) is 3.83. The van der Waals surface area contributed by atoms with Crippen LogP contribution in [0.3, 0.4) is 0 Å². The molecule has 144 valence electrons. The van der Waals surface area contributed by atoms with Gasteiger partial charge in [0.25, 0.3) is 0 Å². The van der Waals surface area contributed by atoms with Crippen molar-refractivity contribution in [2.24, 2.45) is 0 Å². The smallest absolute Gasteiger partial charge is 0.127 e. The molecule has 2 aliphatic carbocycles. The van der Waals surface area contributed by atoms with E-state index >= 15 is 0 Å². The highest BCUT2D eigenvalue weighted by atomic mass is 19.1. The Morgan fingerprint density at radius 1 is 1.04 bits per heavy atom. The van der Waals surface area contributed by atoms with Gasteiger partial charge in [0.05, 0.1) is 12.2 Å². The average Bonchev–Trinajstić information content (AvgIpc) is 3.09. The first kappa shape index (κ1) is 18.5. The summed E-state index contributed by atoms with van der Waals surface area (Å²) in [5.74, 6) is 1.05. The van der Waals surface area contributed by atoms with Gasteiger partial charge in [0.2, 0.25) is 0 Å². The predicted molar refractivity (Wildman–Crippen MR) is 107 cm³/mol. The highest BCUT2D eigenvalue weighted by Crippen LogP contribution is 2.45. The lowest BCUT2D eigenvalue weighted by atomic mass is 9.76. The molecule has 2 nitrogen and oxygen atoms in total. The number of aliphatic hydroxyl groups is 1. The normalized spacial score (nSPS) is 19.1. The van der Waals surface area contributed by atoms with Crippen LogP contribution in [0.15, 0.2) is 36.4 Å². The fourth-order valence-electron chi connectivity index (χ4n) is 4.43. The Hall–Kier alpha value is -1.87. The molecule has 2 fully saturated rings. The topological polar surface area (TPSA) is 29.5 Å². The molecule has 4 rings (SSSR count). The Morgan fingerprint density at radius 3 is 2.48 bits per heavy atom. The summed E-state index contributed by atoms with van der Waals surface area (Å²) < 4.78 is 21.1. The zero-order valence-corrected chi connectivity index (χ0v) is 16.1. The van der Waals surface area contributed by atoms with Crippen LogP contribution >= 0.6 is 0 Å². The van der Waals surface area contributed by atoms with Crippen LogP contribution in [-0.4, -0.2) is 17.3 Å². The van der Waals surface area contributed by atoms with Gasteiger partial charge in [-0.3, -0.25) is 0 Å². The molecular formula is C24H29FO2. The third-order valence-electron chi connectivity index (χ3n) is 6.03. The minimum absolute atomic E-state index is 0.107. The lowest BCUT2D eigenvalue weighted by Gasteiger charge is -2.29. The minimum Gasteiger partial charge on any atom is -0.490 e. The summed E-state index contributed by atoms with van der Waals surface area (Å²) in [6.07, 6.45) is 8.34. The second-order valence-electron chi connectivity index (χ2n) is 8.24. The van der Waals surface area contributed by atoms with Crippen LogP contribution in [0, 0.1) is 5.82 Å². The Bertz CT molecular complexity index is 789. The highest BCUT2D eigenvalue weighted by molar-refractivity contribution is 5.75. The zero-order chi connectivity index (χ0) is 18.8. The van der Waals surface area contributed by atoms with Gasteiger partial charge in [-0.1, -0.05) is 24.6 Å². The number of hydrogen-bond donors (Lipinski definition) is 1. The molecule has 0 aliphatic heterocycles. The number of halogens is 1. The first-order chi connectivity index (χ1) is 13.1. The molecule has 2 aromatic rings. The second-order valence-corrected chi connectivity index (χ2v) is 8.24. The van der Waals surface area contributed by atoms with Crippen molar-refractivity contribution in [1.29, 1.82) is 0 Å². The van der Waals surface area contributed by atoms with Crippen LogP contribution in [0.4, 0.5) is 4.39 Å². The number of rotatable bonds is 6. The summed E-state index contributed by atoms with van der Waals surface area (Å²) >= 11 is 0. The van der Waals surface area contributed by atoms with Gasteiger partial charge < -0.3 is 9.84 Å².